The molecule has 2 unspecified atom stereocenters. The smallest absolute Gasteiger partial charge is 0.255 e. The van der Waals surface area contributed by atoms with Crippen LogP contribution in [0.3, 0.4) is 0 Å². The molecule has 132 valence electrons. The van der Waals surface area contributed by atoms with Gasteiger partial charge >= 0.3 is 0 Å². The standard InChI is InChI=1S/C18H28N4O2/c1-14-12-21(13-15(2)24-14)11-8-20-18(23)16-6-5-7-19-17(16)22-9-3-4-10-22/h5-7,14-15H,3-4,8-13H2,1-2H3,(H,20,23). The fraction of sp³-hybridized carbons (Fsp3) is 0.667. The normalized spacial score (nSPS) is 25.0. The van der Waals surface area contributed by atoms with E-state index in [1.54, 1.807) is 6.20 Å². The molecule has 0 bridgehead atoms. The van der Waals surface area contributed by atoms with E-state index in [1.807, 2.05) is 12.1 Å². The van der Waals surface area contributed by atoms with Gasteiger partial charge < -0.3 is 15.0 Å². The third-order valence-electron chi connectivity index (χ3n) is 4.65. The summed E-state index contributed by atoms with van der Waals surface area (Å²) in [5.74, 6) is 0.792. The molecule has 1 aromatic rings. The van der Waals surface area contributed by atoms with Crippen LogP contribution in [0.25, 0.3) is 0 Å². The molecule has 1 amide bonds. The van der Waals surface area contributed by atoms with E-state index in [9.17, 15) is 4.79 Å². The summed E-state index contributed by atoms with van der Waals surface area (Å²) < 4.78 is 5.74. The van der Waals surface area contributed by atoms with Crippen LogP contribution in [0, 0.1) is 0 Å². The summed E-state index contributed by atoms with van der Waals surface area (Å²) in [5, 5.41) is 3.05. The van der Waals surface area contributed by atoms with Crippen LogP contribution < -0.4 is 10.2 Å². The van der Waals surface area contributed by atoms with E-state index in [2.05, 4.69) is 33.9 Å². The van der Waals surface area contributed by atoms with Gasteiger partial charge in [-0.25, -0.2) is 4.98 Å². The number of hydrogen-bond donors (Lipinski definition) is 1. The molecule has 2 aliphatic heterocycles. The van der Waals surface area contributed by atoms with Gasteiger partial charge in [-0.3, -0.25) is 9.69 Å². The van der Waals surface area contributed by atoms with Gasteiger partial charge in [-0.05, 0) is 38.8 Å². The Labute approximate surface area is 144 Å². The Kier molecular flexibility index (Phi) is 5.68. The van der Waals surface area contributed by atoms with Crippen molar-refractivity contribution in [2.24, 2.45) is 0 Å². The Bertz CT molecular complexity index is 550. The maximum Gasteiger partial charge on any atom is 0.255 e. The van der Waals surface area contributed by atoms with Gasteiger partial charge in [0.05, 0.1) is 17.8 Å². The minimum atomic E-state index is -0.0284. The lowest BCUT2D eigenvalue weighted by Gasteiger charge is -2.35. The van der Waals surface area contributed by atoms with Crippen LogP contribution in [0.15, 0.2) is 18.3 Å². The number of hydrogen-bond acceptors (Lipinski definition) is 5. The van der Waals surface area contributed by atoms with Gasteiger partial charge in [-0.2, -0.15) is 0 Å². The number of rotatable bonds is 5. The molecule has 0 radical (unpaired) electrons. The Morgan fingerprint density at radius 1 is 1.29 bits per heavy atom. The van der Waals surface area contributed by atoms with E-state index in [1.165, 1.54) is 12.8 Å². The zero-order chi connectivity index (χ0) is 16.9. The van der Waals surface area contributed by atoms with Gasteiger partial charge in [0.15, 0.2) is 0 Å². The molecule has 0 saturated carbocycles. The van der Waals surface area contributed by atoms with Crippen molar-refractivity contribution in [3.63, 3.8) is 0 Å². The predicted octanol–water partition coefficient (Wildman–Crippen LogP) is 1.52. The highest BCUT2D eigenvalue weighted by molar-refractivity contribution is 5.98. The van der Waals surface area contributed by atoms with Gasteiger partial charge in [-0.1, -0.05) is 0 Å². The van der Waals surface area contributed by atoms with Crippen LogP contribution in [0.4, 0.5) is 5.82 Å². The summed E-state index contributed by atoms with van der Waals surface area (Å²) in [7, 11) is 0. The second-order valence-corrected chi connectivity index (χ2v) is 6.84. The molecule has 0 aliphatic carbocycles. The quantitative estimate of drug-likeness (QED) is 0.886. The van der Waals surface area contributed by atoms with Gasteiger partial charge in [0, 0.05) is 45.5 Å². The molecule has 0 spiro atoms. The van der Waals surface area contributed by atoms with E-state index in [4.69, 9.17) is 4.74 Å². The Hall–Kier alpha value is -1.66. The van der Waals surface area contributed by atoms with Crippen LogP contribution in [0.2, 0.25) is 0 Å². The van der Waals surface area contributed by atoms with Crippen LogP contribution in [0.5, 0.6) is 0 Å². The van der Waals surface area contributed by atoms with Gasteiger partial charge in [-0.15, -0.1) is 0 Å². The van der Waals surface area contributed by atoms with E-state index < -0.39 is 0 Å². The summed E-state index contributed by atoms with van der Waals surface area (Å²) in [6, 6.07) is 3.70. The number of nitrogens with zero attached hydrogens (tertiary/aromatic N) is 3. The minimum Gasteiger partial charge on any atom is -0.373 e. The van der Waals surface area contributed by atoms with Crippen molar-refractivity contribution in [2.75, 3.05) is 44.2 Å². The predicted molar refractivity (Wildman–Crippen MR) is 94.5 cm³/mol. The second kappa shape index (κ2) is 7.94. The number of anilines is 1. The van der Waals surface area contributed by atoms with Gasteiger partial charge in [0.2, 0.25) is 0 Å². The largest absolute Gasteiger partial charge is 0.373 e. The second-order valence-electron chi connectivity index (χ2n) is 6.84. The van der Waals surface area contributed by atoms with Crippen molar-refractivity contribution in [3.8, 4) is 0 Å². The number of morpholine rings is 1. The van der Waals surface area contributed by atoms with Crippen LogP contribution in [-0.2, 0) is 4.74 Å². The summed E-state index contributed by atoms with van der Waals surface area (Å²) in [5.41, 5.74) is 0.683. The average Bonchev–Trinajstić information content (AvgIpc) is 3.08. The summed E-state index contributed by atoms with van der Waals surface area (Å²) in [6.07, 6.45) is 4.62. The maximum atomic E-state index is 12.6. The lowest BCUT2D eigenvalue weighted by atomic mass is 10.2. The van der Waals surface area contributed by atoms with Gasteiger partial charge in [0.1, 0.15) is 5.82 Å². The highest BCUT2D eigenvalue weighted by atomic mass is 16.5. The molecule has 2 fully saturated rings. The van der Waals surface area contributed by atoms with Crippen molar-refractivity contribution in [3.05, 3.63) is 23.9 Å². The van der Waals surface area contributed by atoms with E-state index in [0.717, 1.165) is 38.5 Å². The molecular formula is C18H28N4O2. The molecule has 2 aliphatic rings. The molecule has 1 N–H and O–H groups in total. The number of carbonyl (C=O) groups is 1. The number of aromatic nitrogens is 1. The monoisotopic (exact) mass is 332 g/mol. The number of pyridine rings is 1. The Morgan fingerprint density at radius 2 is 2.00 bits per heavy atom. The topological polar surface area (TPSA) is 57.7 Å². The van der Waals surface area contributed by atoms with Crippen molar-refractivity contribution in [1.29, 1.82) is 0 Å². The molecule has 6 heteroatoms. The van der Waals surface area contributed by atoms with E-state index in [-0.39, 0.29) is 18.1 Å². The van der Waals surface area contributed by atoms with E-state index >= 15 is 0 Å². The van der Waals surface area contributed by atoms with Crippen LogP contribution in [-0.4, -0.2) is 67.3 Å². The molecule has 6 nitrogen and oxygen atoms in total. The third-order valence-corrected chi connectivity index (χ3v) is 4.65. The molecule has 24 heavy (non-hydrogen) atoms. The number of nitrogens with one attached hydrogen (secondary N) is 1. The highest BCUT2D eigenvalue weighted by Crippen LogP contribution is 2.21. The third kappa shape index (κ3) is 4.24. The molecule has 3 heterocycles. The zero-order valence-corrected chi connectivity index (χ0v) is 14.7. The molecule has 3 rings (SSSR count). The summed E-state index contributed by atoms with van der Waals surface area (Å²) in [6.45, 7) is 9.51. The molecule has 1 aromatic heterocycles. The van der Waals surface area contributed by atoms with Crippen LogP contribution >= 0.6 is 0 Å². The molecule has 2 atom stereocenters. The lowest BCUT2D eigenvalue weighted by molar-refractivity contribution is -0.0672. The number of amides is 1. The van der Waals surface area contributed by atoms with Crippen molar-refractivity contribution >= 4 is 11.7 Å². The van der Waals surface area contributed by atoms with Crippen LogP contribution in [0.1, 0.15) is 37.0 Å². The van der Waals surface area contributed by atoms with Gasteiger partial charge in [0.25, 0.3) is 5.91 Å². The zero-order valence-electron chi connectivity index (χ0n) is 14.7. The first-order valence-electron chi connectivity index (χ1n) is 8.99. The minimum absolute atomic E-state index is 0.0284. The lowest BCUT2D eigenvalue weighted by Crippen LogP contribution is -2.47. The summed E-state index contributed by atoms with van der Waals surface area (Å²) in [4.78, 5) is 21.6. The average molecular weight is 332 g/mol. The number of ether oxygens (including phenoxy) is 1. The Morgan fingerprint density at radius 3 is 2.71 bits per heavy atom. The first-order chi connectivity index (χ1) is 11.6. The van der Waals surface area contributed by atoms with Crippen molar-refractivity contribution in [1.82, 2.24) is 15.2 Å². The first-order valence-corrected chi connectivity index (χ1v) is 8.99. The first kappa shape index (κ1) is 17.2. The highest BCUT2D eigenvalue weighted by Gasteiger charge is 2.23. The Balaban J connectivity index is 1.54. The maximum absolute atomic E-state index is 12.6. The SMILES string of the molecule is CC1CN(CCNC(=O)c2cccnc2N2CCCC2)CC(C)O1. The molecule has 0 aromatic carbocycles. The molecular weight excluding hydrogens is 304 g/mol. The fourth-order valence-electron chi connectivity index (χ4n) is 3.64. The number of carbonyl (C=O) groups excluding carboxylic acids is 1. The fourth-order valence-corrected chi connectivity index (χ4v) is 3.64. The van der Waals surface area contributed by atoms with E-state index in [0.29, 0.717) is 12.1 Å². The molecule has 2 saturated heterocycles. The summed E-state index contributed by atoms with van der Waals surface area (Å²) >= 11 is 0. The van der Waals surface area contributed by atoms with Crippen molar-refractivity contribution in [2.45, 2.75) is 38.9 Å². The van der Waals surface area contributed by atoms with Crippen molar-refractivity contribution < 1.29 is 9.53 Å².